The Morgan fingerprint density at radius 3 is 2.69 bits per heavy atom. The van der Waals surface area contributed by atoms with Crippen LogP contribution in [0.5, 0.6) is 0 Å². The van der Waals surface area contributed by atoms with Crippen molar-refractivity contribution in [2.24, 2.45) is 11.1 Å². The maximum atomic E-state index is 11.3. The predicted octanol–water partition coefficient (Wildman–Crippen LogP) is 1.35. The highest BCUT2D eigenvalue weighted by Crippen LogP contribution is 2.27. The highest BCUT2D eigenvalue weighted by atomic mass is 16.7. The molecule has 1 aliphatic heterocycles. The third kappa shape index (κ3) is 1.82. The molecule has 1 rings (SSSR count). The third-order valence-electron chi connectivity index (χ3n) is 2.17. The molecule has 1 aliphatic rings. The van der Waals surface area contributed by atoms with E-state index in [0.717, 1.165) is 5.71 Å². The maximum Gasteiger partial charge on any atom is 0.353 e. The number of carbonyl (C=O) groups is 1. The summed E-state index contributed by atoms with van der Waals surface area (Å²) >= 11 is 0. The second-order valence-corrected chi connectivity index (χ2v) is 3.73. The molecule has 0 saturated heterocycles. The van der Waals surface area contributed by atoms with Crippen LogP contribution in [0.4, 0.5) is 0 Å². The minimum atomic E-state index is -0.908. The highest BCUT2D eigenvalue weighted by molar-refractivity contribution is 5.94. The molecular weight excluding hydrogens is 170 g/mol. The van der Waals surface area contributed by atoms with Gasteiger partial charge in [0.25, 0.3) is 0 Å². The summed E-state index contributed by atoms with van der Waals surface area (Å²) in [6, 6.07) is 0. The second-order valence-electron chi connectivity index (χ2n) is 3.73. The molecule has 0 amide bonds. The lowest BCUT2D eigenvalue weighted by atomic mass is 9.94. The summed E-state index contributed by atoms with van der Waals surface area (Å²) < 4.78 is 4.63. The van der Waals surface area contributed by atoms with E-state index >= 15 is 0 Å². The molecular formula is C9H15NO3. The Morgan fingerprint density at radius 1 is 1.69 bits per heavy atom. The van der Waals surface area contributed by atoms with Crippen molar-refractivity contribution in [3.8, 4) is 0 Å². The number of ether oxygens (including phenoxy) is 1. The SMILES string of the molecule is COC(=O)C1(C)CC(C(C)C)=NO1. The van der Waals surface area contributed by atoms with Crippen LogP contribution >= 0.6 is 0 Å². The molecule has 1 heterocycles. The molecule has 1 unspecified atom stereocenters. The Bertz CT molecular complexity index is 247. The van der Waals surface area contributed by atoms with Gasteiger partial charge >= 0.3 is 5.97 Å². The first-order valence-electron chi connectivity index (χ1n) is 4.33. The van der Waals surface area contributed by atoms with E-state index in [2.05, 4.69) is 9.89 Å². The van der Waals surface area contributed by atoms with Crippen molar-refractivity contribution in [2.75, 3.05) is 7.11 Å². The molecule has 0 aliphatic carbocycles. The molecule has 13 heavy (non-hydrogen) atoms. The van der Waals surface area contributed by atoms with E-state index in [1.54, 1.807) is 6.92 Å². The number of carbonyl (C=O) groups excluding carboxylic acids is 1. The van der Waals surface area contributed by atoms with Gasteiger partial charge < -0.3 is 9.57 Å². The zero-order valence-electron chi connectivity index (χ0n) is 8.46. The number of hydrogen-bond donors (Lipinski definition) is 0. The summed E-state index contributed by atoms with van der Waals surface area (Å²) in [5.74, 6) is -0.0571. The smallest absolute Gasteiger partial charge is 0.353 e. The van der Waals surface area contributed by atoms with E-state index in [-0.39, 0.29) is 5.97 Å². The molecule has 1 atom stereocenters. The first-order valence-corrected chi connectivity index (χ1v) is 4.33. The predicted molar refractivity (Wildman–Crippen MR) is 48.4 cm³/mol. The van der Waals surface area contributed by atoms with Crippen LogP contribution in [0.3, 0.4) is 0 Å². The van der Waals surface area contributed by atoms with Crippen LogP contribution in [0.1, 0.15) is 27.2 Å². The largest absolute Gasteiger partial charge is 0.466 e. The number of hydrogen-bond acceptors (Lipinski definition) is 4. The number of oxime groups is 1. The van der Waals surface area contributed by atoms with E-state index < -0.39 is 5.60 Å². The highest BCUT2D eigenvalue weighted by Gasteiger charge is 2.43. The van der Waals surface area contributed by atoms with Gasteiger partial charge in [-0.3, -0.25) is 0 Å². The number of methoxy groups -OCH3 is 1. The van der Waals surface area contributed by atoms with Gasteiger partial charge in [-0.15, -0.1) is 0 Å². The molecule has 0 N–H and O–H groups in total. The lowest BCUT2D eigenvalue weighted by Crippen LogP contribution is -2.36. The Balaban J connectivity index is 2.67. The first kappa shape index (κ1) is 10.0. The monoisotopic (exact) mass is 185 g/mol. The van der Waals surface area contributed by atoms with E-state index in [0.29, 0.717) is 12.3 Å². The summed E-state index contributed by atoms with van der Waals surface area (Å²) in [7, 11) is 1.35. The standard InChI is InChI=1S/C9H15NO3/c1-6(2)7-5-9(3,13-10-7)8(11)12-4/h6H,5H2,1-4H3. The van der Waals surface area contributed by atoms with Crippen molar-refractivity contribution in [1.82, 2.24) is 0 Å². The lowest BCUT2D eigenvalue weighted by Gasteiger charge is -2.17. The van der Waals surface area contributed by atoms with Gasteiger partial charge in [0, 0.05) is 6.42 Å². The van der Waals surface area contributed by atoms with Gasteiger partial charge in [0.05, 0.1) is 12.8 Å². The Hall–Kier alpha value is -1.06. The van der Waals surface area contributed by atoms with Gasteiger partial charge in [-0.2, -0.15) is 0 Å². The van der Waals surface area contributed by atoms with Crippen LogP contribution in [0.2, 0.25) is 0 Å². The normalized spacial score (nSPS) is 27.0. The fourth-order valence-corrected chi connectivity index (χ4v) is 1.20. The maximum absolute atomic E-state index is 11.3. The molecule has 0 aromatic rings. The average molecular weight is 185 g/mol. The molecule has 0 fully saturated rings. The summed E-state index contributed by atoms with van der Waals surface area (Å²) in [4.78, 5) is 16.4. The van der Waals surface area contributed by atoms with Crippen molar-refractivity contribution in [2.45, 2.75) is 32.8 Å². The average Bonchev–Trinajstić information content (AvgIpc) is 2.48. The molecule has 0 saturated carbocycles. The minimum absolute atomic E-state index is 0.312. The third-order valence-corrected chi connectivity index (χ3v) is 2.17. The number of esters is 1. The molecule has 0 aromatic heterocycles. The van der Waals surface area contributed by atoms with Gasteiger partial charge in [-0.05, 0) is 12.8 Å². The molecule has 0 spiro atoms. The Kier molecular flexibility index (Phi) is 2.59. The molecule has 0 bridgehead atoms. The zero-order valence-corrected chi connectivity index (χ0v) is 8.46. The van der Waals surface area contributed by atoms with Gasteiger partial charge in [0.2, 0.25) is 5.60 Å². The van der Waals surface area contributed by atoms with E-state index in [9.17, 15) is 4.79 Å². The number of nitrogens with zero attached hydrogens (tertiary/aromatic N) is 1. The van der Waals surface area contributed by atoms with Crippen molar-refractivity contribution >= 4 is 11.7 Å². The summed E-state index contributed by atoms with van der Waals surface area (Å²) in [6.45, 7) is 5.73. The summed E-state index contributed by atoms with van der Waals surface area (Å²) in [6.07, 6.45) is 0.525. The van der Waals surface area contributed by atoms with E-state index in [4.69, 9.17) is 4.84 Å². The van der Waals surface area contributed by atoms with E-state index in [1.165, 1.54) is 7.11 Å². The van der Waals surface area contributed by atoms with Crippen molar-refractivity contribution in [1.29, 1.82) is 0 Å². The fourth-order valence-electron chi connectivity index (χ4n) is 1.20. The first-order chi connectivity index (χ1) is 5.99. The molecule has 0 aromatic carbocycles. The van der Waals surface area contributed by atoms with Crippen molar-refractivity contribution in [3.63, 3.8) is 0 Å². The van der Waals surface area contributed by atoms with Crippen LogP contribution in [0, 0.1) is 5.92 Å². The molecule has 4 nitrogen and oxygen atoms in total. The molecule has 4 heteroatoms. The Morgan fingerprint density at radius 2 is 2.31 bits per heavy atom. The quantitative estimate of drug-likeness (QED) is 0.610. The van der Waals surface area contributed by atoms with Crippen LogP contribution in [0.25, 0.3) is 0 Å². The van der Waals surface area contributed by atoms with Crippen molar-refractivity contribution in [3.05, 3.63) is 0 Å². The zero-order chi connectivity index (χ0) is 10.1. The Labute approximate surface area is 77.9 Å². The molecule has 74 valence electrons. The van der Waals surface area contributed by atoms with Crippen LogP contribution in [-0.2, 0) is 14.4 Å². The lowest BCUT2D eigenvalue weighted by molar-refractivity contribution is -0.164. The van der Waals surface area contributed by atoms with Crippen LogP contribution in [-0.4, -0.2) is 24.4 Å². The van der Waals surface area contributed by atoms with Crippen LogP contribution < -0.4 is 0 Å². The van der Waals surface area contributed by atoms with Gasteiger partial charge in [-0.25, -0.2) is 4.79 Å². The topological polar surface area (TPSA) is 47.9 Å². The molecule has 0 radical (unpaired) electrons. The second kappa shape index (κ2) is 3.36. The van der Waals surface area contributed by atoms with Crippen molar-refractivity contribution < 1.29 is 14.4 Å². The van der Waals surface area contributed by atoms with Crippen LogP contribution in [0.15, 0.2) is 5.16 Å². The fraction of sp³-hybridized carbons (Fsp3) is 0.778. The van der Waals surface area contributed by atoms with Gasteiger partial charge in [0.1, 0.15) is 0 Å². The van der Waals surface area contributed by atoms with Gasteiger partial charge in [0.15, 0.2) is 0 Å². The summed E-state index contributed by atoms with van der Waals surface area (Å²) in [5, 5.41) is 3.87. The van der Waals surface area contributed by atoms with Gasteiger partial charge in [-0.1, -0.05) is 19.0 Å². The van der Waals surface area contributed by atoms with E-state index in [1.807, 2.05) is 13.8 Å². The number of rotatable bonds is 2. The minimum Gasteiger partial charge on any atom is -0.466 e. The summed E-state index contributed by atoms with van der Waals surface area (Å²) in [5.41, 5.74) is 0.00171.